The number of benzene rings is 2. The average molecular weight is 375 g/mol. The highest BCUT2D eigenvalue weighted by Crippen LogP contribution is 2.52. The smallest absolute Gasteiger partial charge is 0.313 e. The molecule has 144 valence electrons. The van der Waals surface area contributed by atoms with E-state index in [4.69, 9.17) is 4.74 Å². The quantitative estimate of drug-likeness (QED) is 0.619. The van der Waals surface area contributed by atoms with Crippen molar-refractivity contribution in [1.29, 1.82) is 0 Å². The van der Waals surface area contributed by atoms with Gasteiger partial charge in [-0.3, -0.25) is 9.59 Å². The normalized spacial score (nSPS) is 23.4. The lowest BCUT2D eigenvalue weighted by Crippen LogP contribution is -2.31. The molecule has 4 nitrogen and oxygen atoms in total. The zero-order chi connectivity index (χ0) is 19.6. The molecule has 4 rings (SSSR count). The van der Waals surface area contributed by atoms with Crippen molar-refractivity contribution in [3.05, 3.63) is 83.4 Å². The number of allylic oxidation sites excluding steroid dienone is 1. The fraction of sp³-hybridized carbons (Fsp3) is 0.333. The van der Waals surface area contributed by atoms with E-state index >= 15 is 0 Å². The first kappa shape index (κ1) is 18.5. The molecule has 28 heavy (non-hydrogen) atoms. The maximum Gasteiger partial charge on any atom is 0.313 e. The van der Waals surface area contributed by atoms with E-state index in [-0.39, 0.29) is 17.8 Å². The first-order chi connectivity index (χ1) is 13.6. The zero-order valence-electron chi connectivity index (χ0n) is 15.9. The summed E-state index contributed by atoms with van der Waals surface area (Å²) in [6, 6.07) is 17.7. The fourth-order valence-electron chi connectivity index (χ4n) is 4.52. The Morgan fingerprint density at radius 3 is 2.75 bits per heavy atom. The van der Waals surface area contributed by atoms with Crippen LogP contribution < -0.4 is 5.32 Å². The van der Waals surface area contributed by atoms with Gasteiger partial charge in [0, 0.05) is 18.0 Å². The van der Waals surface area contributed by atoms with Crippen molar-refractivity contribution in [3.8, 4) is 0 Å². The Kier molecular flexibility index (Phi) is 5.03. The number of hydrogen-bond acceptors (Lipinski definition) is 3. The van der Waals surface area contributed by atoms with E-state index < -0.39 is 5.41 Å². The minimum Gasteiger partial charge on any atom is -0.465 e. The van der Waals surface area contributed by atoms with Gasteiger partial charge in [0.05, 0.1) is 12.0 Å². The van der Waals surface area contributed by atoms with Crippen LogP contribution in [0.4, 0.5) is 0 Å². The maximum atomic E-state index is 12.5. The second kappa shape index (κ2) is 7.63. The highest BCUT2D eigenvalue weighted by Gasteiger charge is 2.55. The number of cyclic esters (lactones) is 1. The minimum atomic E-state index is -0.501. The van der Waals surface area contributed by atoms with Gasteiger partial charge in [0.1, 0.15) is 0 Å². The molecule has 1 amide bonds. The molecule has 1 heterocycles. The Morgan fingerprint density at radius 1 is 1.14 bits per heavy atom. The number of amides is 1. The maximum absolute atomic E-state index is 12.5. The molecule has 2 aromatic carbocycles. The predicted octanol–water partition coefficient (Wildman–Crippen LogP) is 3.71. The van der Waals surface area contributed by atoms with Crippen LogP contribution in [0.5, 0.6) is 0 Å². The average Bonchev–Trinajstić information content (AvgIpc) is 3.17. The monoisotopic (exact) mass is 375 g/mol. The highest BCUT2D eigenvalue weighted by molar-refractivity contribution is 5.94. The largest absolute Gasteiger partial charge is 0.465 e. The number of nitrogens with one attached hydrogen (secondary N) is 1. The van der Waals surface area contributed by atoms with Crippen molar-refractivity contribution in [1.82, 2.24) is 5.32 Å². The molecule has 0 bridgehead atoms. The van der Waals surface area contributed by atoms with Gasteiger partial charge in [-0.25, -0.2) is 0 Å². The van der Waals surface area contributed by atoms with Gasteiger partial charge in [-0.15, -0.1) is 0 Å². The number of ether oxygens (including phenoxy) is 1. The SMILES string of the molecule is C=C1CC2COC(=O)C2(Cc2cccc(C(=O)NCCc3ccccc3)c2)C1. The van der Waals surface area contributed by atoms with Crippen LogP contribution in [-0.4, -0.2) is 25.0 Å². The third-order valence-electron chi connectivity index (χ3n) is 5.95. The second-order valence-electron chi connectivity index (χ2n) is 7.95. The summed E-state index contributed by atoms with van der Waals surface area (Å²) in [5.41, 5.74) is 3.44. The number of fused-ring (bicyclic) bond motifs is 1. The molecular formula is C24H25NO3. The summed E-state index contributed by atoms with van der Waals surface area (Å²) in [4.78, 5) is 25.0. The molecular weight excluding hydrogens is 350 g/mol. The Bertz CT molecular complexity index is 905. The van der Waals surface area contributed by atoms with Crippen molar-refractivity contribution in [2.45, 2.75) is 25.7 Å². The van der Waals surface area contributed by atoms with Crippen molar-refractivity contribution in [2.75, 3.05) is 13.2 Å². The van der Waals surface area contributed by atoms with Crippen LogP contribution in [0.2, 0.25) is 0 Å². The van der Waals surface area contributed by atoms with E-state index in [9.17, 15) is 9.59 Å². The standard InChI is InChI=1S/C24H25NO3/c1-17-12-21-16-28-23(27)24(21,14-17)15-19-8-5-9-20(13-19)22(26)25-11-10-18-6-3-2-4-7-18/h2-9,13,21H,1,10-12,14-16H2,(H,25,26). The molecule has 4 heteroatoms. The zero-order valence-corrected chi connectivity index (χ0v) is 15.9. The molecule has 0 spiro atoms. The van der Waals surface area contributed by atoms with Crippen LogP contribution in [0.3, 0.4) is 0 Å². The van der Waals surface area contributed by atoms with Crippen LogP contribution in [-0.2, 0) is 22.4 Å². The summed E-state index contributed by atoms with van der Waals surface area (Å²) in [7, 11) is 0. The van der Waals surface area contributed by atoms with E-state index in [1.54, 1.807) is 0 Å². The number of rotatable bonds is 6. The topological polar surface area (TPSA) is 55.4 Å². The number of carbonyl (C=O) groups excluding carboxylic acids is 2. The van der Waals surface area contributed by atoms with Crippen LogP contribution in [0.15, 0.2) is 66.7 Å². The Labute approximate surface area is 165 Å². The summed E-state index contributed by atoms with van der Waals surface area (Å²) in [6.07, 6.45) is 2.93. The molecule has 2 unspecified atom stereocenters. The van der Waals surface area contributed by atoms with E-state index in [1.165, 1.54) is 5.56 Å². The molecule has 0 aromatic heterocycles. The second-order valence-corrected chi connectivity index (χ2v) is 7.95. The molecule has 2 aliphatic rings. The lowest BCUT2D eigenvalue weighted by molar-refractivity contribution is -0.146. The summed E-state index contributed by atoms with van der Waals surface area (Å²) in [5.74, 6) is 0.00128. The summed E-state index contributed by atoms with van der Waals surface area (Å²) >= 11 is 0. The van der Waals surface area contributed by atoms with Crippen LogP contribution in [0, 0.1) is 11.3 Å². The molecule has 2 aromatic rings. The molecule has 1 saturated heterocycles. The van der Waals surface area contributed by atoms with Crippen molar-refractivity contribution in [3.63, 3.8) is 0 Å². The minimum absolute atomic E-state index is 0.0864. The van der Waals surface area contributed by atoms with Gasteiger partial charge >= 0.3 is 5.97 Å². The molecule has 1 aliphatic carbocycles. The van der Waals surface area contributed by atoms with Gasteiger partial charge in [-0.05, 0) is 48.9 Å². The molecule has 0 radical (unpaired) electrons. The summed E-state index contributed by atoms with van der Waals surface area (Å²) < 4.78 is 5.36. The van der Waals surface area contributed by atoms with Gasteiger partial charge in [-0.2, -0.15) is 0 Å². The fourth-order valence-corrected chi connectivity index (χ4v) is 4.52. The van der Waals surface area contributed by atoms with E-state index in [0.29, 0.717) is 31.6 Å². The number of esters is 1. The van der Waals surface area contributed by atoms with Crippen molar-refractivity contribution >= 4 is 11.9 Å². The lowest BCUT2D eigenvalue weighted by Gasteiger charge is -2.24. The Morgan fingerprint density at radius 2 is 1.93 bits per heavy atom. The molecule has 1 aliphatic heterocycles. The third kappa shape index (κ3) is 3.59. The van der Waals surface area contributed by atoms with Gasteiger partial charge < -0.3 is 10.1 Å². The van der Waals surface area contributed by atoms with Gasteiger partial charge in [0.25, 0.3) is 5.91 Å². The predicted molar refractivity (Wildman–Crippen MR) is 108 cm³/mol. The van der Waals surface area contributed by atoms with Gasteiger partial charge in [0.15, 0.2) is 0 Å². The molecule has 1 N–H and O–H groups in total. The third-order valence-corrected chi connectivity index (χ3v) is 5.95. The number of carbonyl (C=O) groups is 2. The van der Waals surface area contributed by atoms with Crippen LogP contribution >= 0.6 is 0 Å². The lowest BCUT2D eigenvalue weighted by atomic mass is 9.75. The van der Waals surface area contributed by atoms with Gasteiger partial charge in [0.2, 0.25) is 0 Å². The Balaban J connectivity index is 1.42. The van der Waals surface area contributed by atoms with Crippen LogP contribution in [0.25, 0.3) is 0 Å². The summed E-state index contributed by atoms with van der Waals surface area (Å²) in [6.45, 7) is 5.16. The molecule has 2 fully saturated rings. The van der Waals surface area contributed by atoms with E-state index in [2.05, 4.69) is 24.0 Å². The van der Waals surface area contributed by atoms with E-state index in [1.807, 2.05) is 42.5 Å². The van der Waals surface area contributed by atoms with Gasteiger partial charge in [-0.1, -0.05) is 54.6 Å². The molecule has 2 atom stereocenters. The number of hydrogen-bond donors (Lipinski definition) is 1. The Hall–Kier alpha value is -2.88. The van der Waals surface area contributed by atoms with Crippen LogP contribution in [0.1, 0.15) is 34.3 Å². The van der Waals surface area contributed by atoms with E-state index in [0.717, 1.165) is 24.0 Å². The highest BCUT2D eigenvalue weighted by atomic mass is 16.5. The first-order valence-electron chi connectivity index (χ1n) is 9.82. The van der Waals surface area contributed by atoms with Crippen molar-refractivity contribution in [2.24, 2.45) is 11.3 Å². The first-order valence-corrected chi connectivity index (χ1v) is 9.82. The van der Waals surface area contributed by atoms with Crippen molar-refractivity contribution < 1.29 is 14.3 Å². The summed E-state index contributed by atoms with van der Waals surface area (Å²) in [5, 5.41) is 2.98. The molecule has 1 saturated carbocycles.